The molecule has 0 heterocycles. The lowest BCUT2D eigenvalue weighted by Crippen LogP contribution is -2.01. The predicted octanol–water partition coefficient (Wildman–Crippen LogP) is 1.54. The van der Waals surface area contributed by atoms with Gasteiger partial charge in [-0.3, -0.25) is 4.79 Å². The fourth-order valence-electron chi connectivity index (χ4n) is 0.860. The maximum absolute atomic E-state index is 10.6. The molecule has 0 fully saturated rings. The Bertz CT molecular complexity index is 376. The first-order valence-corrected chi connectivity index (χ1v) is 4.13. The Morgan fingerprint density at radius 1 is 1.54 bits per heavy atom. The molecule has 5 heteroatoms. The van der Waals surface area contributed by atoms with Gasteiger partial charge in [0.15, 0.2) is 6.29 Å². The summed E-state index contributed by atoms with van der Waals surface area (Å²) in [4.78, 5) is 21.0. The summed E-state index contributed by atoms with van der Waals surface area (Å²) in [5.74, 6) is -1.09. The molecule has 0 aliphatic carbocycles. The van der Waals surface area contributed by atoms with Gasteiger partial charge in [0, 0.05) is 10.0 Å². The number of hydrogen-bond donors (Lipinski definition) is 2. The van der Waals surface area contributed by atoms with Crippen LogP contribution in [-0.2, 0) is 0 Å². The molecule has 4 nitrogen and oxygen atoms in total. The largest absolute Gasteiger partial charge is 0.478 e. The molecular weight excluding hydrogens is 238 g/mol. The van der Waals surface area contributed by atoms with Gasteiger partial charge in [-0.2, -0.15) is 0 Å². The second-order valence-corrected chi connectivity index (χ2v) is 3.24. The molecule has 13 heavy (non-hydrogen) atoms. The van der Waals surface area contributed by atoms with E-state index in [1.165, 1.54) is 12.1 Å². The van der Waals surface area contributed by atoms with Crippen LogP contribution in [0.1, 0.15) is 20.7 Å². The molecule has 0 saturated heterocycles. The van der Waals surface area contributed by atoms with Crippen LogP contribution < -0.4 is 5.73 Å². The third-order valence-corrected chi connectivity index (χ3v) is 2.19. The predicted molar refractivity (Wildman–Crippen MR) is 50.9 cm³/mol. The molecule has 0 atom stereocenters. The quantitative estimate of drug-likeness (QED) is 0.610. The number of aromatic carboxylic acids is 1. The maximum Gasteiger partial charge on any atom is 0.335 e. The number of nitrogen functional groups attached to an aromatic ring is 1. The Balaban J connectivity index is 3.38. The van der Waals surface area contributed by atoms with Crippen LogP contribution in [-0.4, -0.2) is 17.4 Å². The first kappa shape index (κ1) is 9.73. The smallest absolute Gasteiger partial charge is 0.335 e. The van der Waals surface area contributed by atoms with Crippen LogP contribution >= 0.6 is 15.9 Å². The van der Waals surface area contributed by atoms with E-state index in [1.54, 1.807) is 0 Å². The monoisotopic (exact) mass is 243 g/mol. The van der Waals surface area contributed by atoms with Crippen molar-refractivity contribution in [2.75, 3.05) is 5.73 Å². The van der Waals surface area contributed by atoms with E-state index in [-0.39, 0.29) is 16.8 Å². The van der Waals surface area contributed by atoms with E-state index in [4.69, 9.17) is 10.8 Å². The van der Waals surface area contributed by atoms with Gasteiger partial charge in [-0.25, -0.2) is 4.79 Å². The number of benzene rings is 1. The van der Waals surface area contributed by atoms with Crippen molar-refractivity contribution >= 4 is 33.9 Å². The zero-order valence-electron chi connectivity index (χ0n) is 6.45. The average Bonchev–Trinajstić information content (AvgIpc) is 2.09. The number of carbonyl (C=O) groups excluding carboxylic acids is 1. The topological polar surface area (TPSA) is 80.4 Å². The van der Waals surface area contributed by atoms with E-state index in [9.17, 15) is 9.59 Å². The van der Waals surface area contributed by atoms with Crippen molar-refractivity contribution < 1.29 is 14.7 Å². The van der Waals surface area contributed by atoms with Crippen LogP contribution in [0.3, 0.4) is 0 Å². The molecule has 0 unspecified atom stereocenters. The Morgan fingerprint density at radius 2 is 2.15 bits per heavy atom. The van der Waals surface area contributed by atoms with Gasteiger partial charge in [0.2, 0.25) is 0 Å². The summed E-state index contributed by atoms with van der Waals surface area (Å²) < 4.78 is 0.412. The van der Waals surface area contributed by atoms with Crippen molar-refractivity contribution in [3.05, 3.63) is 27.7 Å². The minimum absolute atomic E-state index is 0.0307. The number of carbonyl (C=O) groups is 2. The van der Waals surface area contributed by atoms with Crippen molar-refractivity contribution in [2.24, 2.45) is 0 Å². The highest BCUT2D eigenvalue weighted by molar-refractivity contribution is 9.10. The van der Waals surface area contributed by atoms with E-state index >= 15 is 0 Å². The van der Waals surface area contributed by atoms with Gasteiger partial charge >= 0.3 is 5.97 Å². The van der Waals surface area contributed by atoms with Crippen LogP contribution in [0.25, 0.3) is 0 Å². The van der Waals surface area contributed by atoms with E-state index in [1.807, 2.05) is 0 Å². The normalized spacial score (nSPS) is 9.62. The summed E-state index contributed by atoms with van der Waals surface area (Å²) in [7, 11) is 0. The minimum Gasteiger partial charge on any atom is -0.478 e. The minimum atomic E-state index is -1.09. The molecular formula is C8H6BrNO3. The molecule has 68 valence electrons. The lowest BCUT2D eigenvalue weighted by molar-refractivity contribution is 0.0697. The van der Waals surface area contributed by atoms with Crippen LogP contribution in [0.5, 0.6) is 0 Å². The van der Waals surface area contributed by atoms with E-state index in [0.29, 0.717) is 10.8 Å². The molecule has 0 bridgehead atoms. The fourth-order valence-corrected chi connectivity index (χ4v) is 1.34. The number of anilines is 1. The fraction of sp³-hybridized carbons (Fsp3) is 0. The standard InChI is InChI=1S/C8H6BrNO3/c9-6-2-4(8(12)13)1-5(3-11)7(6)10/h1-3H,10H2,(H,12,13). The molecule has 0 spiro atoms. The van der Waals surface area contributed by atoms with Gasteiger partial charge in [0.25, 0.3) is 0 Å². The summed E-state index contributed by atoms with van der Waals surface area (Å²) >= 11 is 3.06. The summed E-state index contributed by atoms with van der Waals surface area (Å²) in [6, 6.07) is 2.58. The summed E-state index contributed by atoms with van der Waals surface area (Å²) in [6.45, 7) is 0. The van der Waals surface area contributed by atoms with Crippen LogP contribution in [0.4, 0.5) is 5.69 Å². The Kier molecular flexibility index (Phi) is 2.67. The van der Waals surface area contributed by atoms with Crippen LogP contribution in [0.2, 0.25) is 0 Å². The third-order valence-electron chi connectivity index (χ3n) is 1.54. The zero-order chi connectivity index (χ0) is 10.0. The van der Waals surface area contributed by atoms with Crippen LogP contribution in [0, 0.1) is 0 Å². The first-order valence-electron chi connectivity index (χ1n) is 3.33. The molecule has 0 aliphatic heterocycles. The second kappa shape index (κ2) is 3.57. The molecule has 3 N–H and O–H groups in total. The summed E-state index contributed by atoms with van der Waals surface area (Å²) in [6.07, 6.45) is 0.520. The molecule has 0 saturated carbocycles. The number of hydrogen-bond acceptors (Lipinski definition) is 3. The molecule has 1 aromatic carbocycles. The molecule has 0 radical (unpaired) electrons. The summed E-state index contributed by atoms with van der Waals surface area (Å²) in [5, 5.41) is 8.64. The first-order chi connectivity index (χ1) is 6.06. The van der Waals surface area contributed by atoms with Crippen molar-refractivity contribution in [1.82, 2.24) is 0 Å². The Labute approximate surface area is 82.5 Å². The van der Waals surface area contributed by atoms with Gasteiger partial charge in [-0.05, 0) is 28.1 Å². The second-order valence-electron chi connectivity index (χ2n) is 2.38. The van der Waals surface area contributed by atoms with E-state index in [0.717, 1.165) is 0 Å². The lowest BCUT2D eigenvalue weighted by Gasteiger charge is -2.03. The van der Waals surface area contributed by atoms with Crippen molar-refractivity contribution in [3.63, 3.8) is 0 Å². The number of halogens is 1. The molecule has 0 aromatic heterocycles. The Hall–Kier alpha value is -1.36. The molecule has 0 amide bonds. The van der Waals surface area contributed by atoms with E-state index < -0.39 is 5.97 Å². The number of rotatable bonds is 2. The molecule has 1 rings (SSSR count). The zero-order valence-corrected chi connectivity index (χ0v) is 8.04. The van der Waals surface area contributed by atoms with Crippen molar-refractivity contribution in [3.8, 4) is 0 Å². The number of carboxylic acids is 1. The number of carboxylic acid groups (broad SMARTS) is 1. The molecule has 1 aromatic rings. The highest BCUT2D eigenvalue weighted by atomic mass is 79.9. The number of aldehydes is 1. The summed E-state index contributed by atoms with van der Waals surface area (Å²) in [5.41, 5.74) is 5.94. The van der Waals surface area contributed by atoms with Gasteiger partial charge < -0.3 is 10.8 Å². The number of nitrogens with two attached hydrogens (primary N) is 1. The maximum atomic E-state index is 10.6. The van der Waals surface area contributed by atoms with Gasteiger partial charge in [-0.15, -0.1) is 0 Å². The van der Waals surface area contributed by atoms with Crippen molar-refractivity contribution in [1.29, 1.82) is 0 Å². The average molecular weight is 244 g/mol. The van der Waals surface area contributed by atoms with Gasteiger partial charge in [0.05, 0.1) is 11.3 Å². The lowest BCUT2D eigenvalue weighted by atomic mass is 10.1. The van der Waals surface area contributed by atoms with Crippen molar-refractivity contribution in [2.45, 2.75) is 0 Å². The third kappa shape index (κ3) is 1.86. The molecule has 0 aliphatic rings. The van der Waals surface area contributed by atoms with E-state index in [2.05, 4.69) is 15.9 Å². The van der Waals surface area contributed by atoms with Gasteiger partial charge in [-0.1, -0.05) is 0 Å². The SMILES string of the molecule is Nc1c(Br)cc(C(=O)O)cc1C=O. The van der Waals surface area contributed by atoms with Crippen LogP contribution in [0.15, 0.2) is 16.6 Å². The highest BCUT2D eigenvalue weighted by Gasteiger charge is 2.09. The van der Waals surface area contributed by atoms with Gasteiger partial charge in [0.1, 0.15) is 0 Å². The highest BCUT2D eigenvalue weighted by Crippen LogP contribution is 2.24. The Morgan fingerprint density at radius 3 is 2.62 bits per heavy atom.